The Labute approximate surface area is 440 Å². The lowest BCUT2D eigenvalue weighted by atomic mass is 10.1. The van der Waals surface area contributed by atoms with Gasteiger partial charge in [-0.3, -0.25) is 9.59 Å². The predicted molar refractivity (Wildman–Crippen MR) is 301 cm³/mol. The Balaban J connectivity index is 4.34. The first-order valence-electron chi connectivity index (χ1n) is 28.2. The molecule has 0 radical (unpaired) electrons. The maximum atomic E-state index is 12.8. The van der Waals surface area contributed by atoms with Gasteiger partial charge < -0.3 is 33.3 Å². The smallest absolute Gasteiger partial charge is 0.306 e. The number of rotatable bonds is 50. The van der Waals surface area contributed by atoms with E-state index >= 15 is 0 Å². The number of likely N-dealkylation sites (N-methyl/N-ethyl adjacent to an activating group) is 1. The molecular weight excluding hydrogens is 899 g/mol. The first-order chi connectivity index (χ1) is 35.1. The van der Waals surface area contributed by atoms with Crippen molar-refractivity contribution in [2.45, 2.75) is 212 Å². The normalized spacial score (nSPS) is 13.7. The summed E-state index contributed by atoms with van der Waals surface area (Å²) in [4.78, 5) is 37.2. The number of hydrogen-bond acceptors (Lipinski definition) is 8. The topological polar surface area (TPSA) is 111 Å². The highest BCUT2D eigenvalue weighted by Crippen LogP contribution is 2.13. The number of aliphatic carboxylic acids is 1. The van der Waals surface area contributed by atoms with Crippen LogP contribution in [0.15, 0.2) is 122 Å². The Morgan fingerprint density at radius 2 is 0.792 bits per heavy atom. The number of esters is 2. The van der Waals surface area contributed by atoms with Gasteiger partial charge in [-0.1, -0.05) is 200 Å². The lowest BCUT2D eigenvalue weighted by Crippen LogP contribution is -2.44. The van der Waals surface area contributed by atoms with Crippen LogP contribution < -0.4 is 5.11 Å². The van der Waals surface area contributed by atoms with Crippen LogP contribution in [0.5, 0.6) is 0 Å². The zero-order valence-corrected chi connectivity index (χ0v) is 46.2. The summed E-state index contributed by atoms with van der Waals surface area (Å²) in [6.07, 6.45) is 70.9. The van der Waals surface area contributed by atoms with Gasteiger partial charge in [0, 0.05) is 12.8 Å². The Morgan fingerprint density at radius 1 is 0.431 bits per heavy atom. The molecule has 0 bridgehead atoms. The second-order valence-electron chi connectivity index (χ2n) is 19.5. The molecule has 0 rings (SSSR count). The van der Waals surface area contributed by atoms with Crippen LogP contribution in [0, 0.1) is 0 Å². The van der Waals surface area contributed by atoms with Crippen LogP contribution in [0.1, 0.15) is 200 Å². The maximum absolute atomic E-state index is 12.8. The number of carbonyl (C=O) groups excluding carboxylic acids is 3. The van der Waals surface area contributed by atoms with E-state index in [-0.39, 0.29) is 38.6 Å². The van der Waals surface area contributed by atoms with E-state index in [1.807, 2.05) is 21.1 Å². The third-order valence-electron chi connectivity index (χ3n) is 11.4. The van der Waals surface area contributed by atoms with Crippen molar-refractivity contribution in [2.24, 2.45) is 0 Å². The van der Waals surface area contributed by atoms with E-state index in [1.165, 1.54) is 32.1 Å². The minimum Gasteiger partial charge on any atom is -0.545 e. The molecule has 0 N–H and O–H groups in total. The number of nitrogens with zero attached hydrogens (tertiary/aromatic N) is 1. The number of carbonyl (C=O) groups is 3. The molecule has 0 aromatic heterocycles. The van der Waals surface area contributed by atoms with E-state index in [0.29, 0.717) is 23.9 Å². The highest BCUT2D eigenvalue weighted by atomic mass is 16.7. The average Bonchev–Trinajstić information content (AvgIpc) is 3.35. The molecule has 0 aliphatic carbocycles. The summed E-state index contributed by atoms with van der Waals surface area (Å²) in [5.41, 5.74) is 0. The molecule has 0 aliphatic heterocycles. The minimum absolute atomic E-state index is 0.135. The number of carboxylic acids is 1. The molecule has 9 nitrogen and oxygen atoms in total. The molecule has 2 atom stereocenters. The molecule has 0 heterocycles. The highest BCUT2D eigenvalue weighted by molar-refractivity contribution is 5.70. The number of hydrogen-bond donors (Lipinski definition) is 0. The van der Waals surface area contributed by atoms with Gasteiger partial charge in [-0.15, -0.1) is 0 Å². The second kappa shape index (κ2) is 53.0. The number of quaternary nitrogens is 1. The molecule has 72 heavy (non-hydrogen) atoms. The first-order valence-corrected chi connectivity index (χ1v) is 28.2. The second-order valence-corrected chi connectivity index (χ2v) is 19.5. The van der Waals surface area contributed by atoms with Crippen molar-refractivity contribution in [3.8, 4) is 0 Å². The molecule has 0 aromatic carbocycles. The highest BCUT2D eigenvalue weighted by Gasteiger charge is 2.22. The number of ether oxygens (including phenoxy) is 4. The van der Waals surface area contributed by atoms with Gasteiger partial charge in [0.1, 0.15) is 13.2 Å². The van der Waals surface area contributed by atoms with Gasteiger partial charge in [0.2, 0.25) is 0 Å². The zero-order chi connectivity index (χ0) is 52.7. The minimum atomic E-state index is -1.64. The summed E-state index contributed by atoms with van der Waals surface area (Å²) in [5, 5.41) is 11.8. The predicted octanol–water partition coefficient (Wildman–Crippen LogP) is 15.2. The fourth-order valence-corrected chi connectivity index (χ4v) is 7.11. The van der Waals surface area contributed by atoms with Crippen molar-refractivity contribution in [1.82, 2.24) is 0 Å². The van der Waals surface area contributed by atoms with Gasteiger partial charge in [0.05, 0.1) is 40.3 Å². The quantitative estimate of drug-likeness (QED) is 0.0195. The van der Waals surface area contributed by atoms with E-state index in [0.717, 1.165) is 128 Å². The first kappa shape index (κ1) is 67.7. The number of unbranched alkanes of at least 4 members (excludes halogenated alkanes) is 15. The molecule has 0 spiro atoms. The molecule has 0 aliphatic rings. The van der Waals surface area contributed by atoms with E-state index in [4.69, 9.17) is 18.9 Å². The molecule has 0 aromatic rings. The van der Waals surface area contributed by atoms with Crippen molar-refractivity contribution in [1.29, 1.82) is 0 Å². The van der Waals surface area contributed by atoms with Crippen LogP contribution in [0.4, 0.5) is 0 Å². The molecule has 408 valence electrons. The molecule has 2 unspecified atom stereocenters. The fourth-order valence-electron chi connectivity index (χ4n) is 7.11. The standard InChI is InChI=1S/C63H103NO8/c1-6-8-10-12-14-16-18-20-22-24-25-26-27-28-29-30-31-32-33-34-35-36-37-38-40-42-44-46-48-50-52-54-61(66)72-59(58-71-63(62(67)68)69-56-55-64(3,4)5)57-70-60(65)53-51-49-47-45-43-41-39-23-21-19-17-15-13-11-9-7-2/h8,10,14,16-17,19-20,22-23,25-26,28-29,31-32,34-35,37-39,59,63H,6-7,9,11-13,15,18,21,24,27,30,33,36,40-58H2,1-5H3/b10-8-,16-14-,19-17-,22-20-,26-25-,29-28-,32-31-,35-34-,38-37-,39-23-. The van der Waals surface area contributed by atoms with Crippen molar-refractivity contribution < 1.29 is 42.9 Å². The maximum Gasteiger partial charge on any atom is 0.306 e. The van der Waals surface area contributed by atoms with Crippen LogP contribution in [0.3, 0.4) is 0 Å². The number of allylic oxidation sites excluding steroid dienone is 20. The largest absolute Gasteiger partial charge is 0.545 e. The van der Waals surface area contributed by atoms with Crippen LogP contribution in [-0.2, 0) is 33.3 Å². The van der Waals surface area contributed by atoms with Crippen LogP contribution in [-0.4, -0.2) is 82.3 Å². The molecular formula is C63H103NO8. The van der Waals surface area contributed by atoms with Gasteiger partial charge >= 0.3 is 11.9 Å². The SMILES string of the molecule is CC/C=C\C/C=C\C/C=C\C/C=C\C/C=C\C/C=C\C/C=C\C/C=C\CCCCCCCCC(=O)OC(COC(=O)CCCCCCC/C=C\C/C=C\CCCCCC)COC(OCC[N+](C)(C)C)C(=O)[O-]. The van der Waals surface area contributed by atoms with Gasteiger partial charge in [0.15, 0.2) is 12.4 Å². The summed E-state index contributed by atoms with van der Waals surface area (Å²) >= 11 is 0. The summed E-state index contributed by atoms with van der Waals surface area (Å²) in [6, 6.07) is 0. The van der Waals surface area contributed by atoms with E-state index in [9.17, 15) is 19.5 Å². The fraction of sp³-hybridized carbons (Fsp3) is 0.635. The van der Waals surface area contributed by atoms with E-state index in [1.54, 1.807) is 0 Å². The van der Waals surface area contributed by atoms with Gasteiger partial charge in [0.25, 0.3) is 0 Å². The van der Waals surface area contributed by atoms with Crippen LogP contribution in [0.2, 0.25) is 0 Å². The van der Waals surface area contributed by atoms with Crippen molar-refractivity contribution >= 4 is 17.9 Å². The molecule has 9 heteroatoms. The molecule has 0 amide bonds. The van der Waals surface area contributed by atoms with Gasteiger partial charge in [-0.25, -0.2) is 0 Å². The summed E-state index contributed by atoms with van der Waals surface area (Å²) in [7, 11) is 5.90. The Bertz CT molecular complexity index is 1590. The summed E-state index contributed by atoms with van der Waals surface area (Å²) in [5.74, 6) is -2.34. The van der Waals surface area contributed by atoms with Crippen molar-refractivity contribution in [2.75, 3.05) is 47.5 Å². The molecule has 0 saturated carbocycles. The summed E-state index contributed by atoms with van der Waals surface area (Å²) in [6.45, 7) is 4.56. The Hall–Kier alpha value is -4.31. The van der Waals surface area contributed by atoms with Crippen molar-refractivity contribution in [3.63, 3.8) is 0 Å². The van der Waals surface area contributed by atoms with E-state index < -0.39 is 24.3 Å². The summed E-state index contributed by atoms with van der Waals surface area (Å²) < 4.78 is 22.6. The lowest BCUT2D eigenvalue weighted by molar-refractivity contribution is -0.870. The molecule has 0 saturated heterocycles. The average molecular weight is 1000 g/mol. The Kier molecular flexibility index (Phi) is 49.8. The van der Waals surface area contributed by atoms with Crippen LogP contribution >= 0.6 is 0 Å². The number of carboxylic acid groups (broad SMARTS) is 1. The van der Waals surface area contributed by atoms with Gasteiger partial charge in [-0.2, -0.15) is 0 Å². The van der Waals surface area contributed by atoms with Crippen molar-refractivity contribution in [3.05, 3.63) is 122 Å². The lowest BCUT2D eigenvalue weighted by Gasteiger charge is -2.26. The Morgan fingerprint density at radius 3 is 1.18 bits per heavy atom. The van der Waals surface area contributed by atoms with E-state index in [2.05, 4.69) is 135 Å². The third kappa shape index (κ3) is 53.5. The third-order valence-corrected chi connectivity index (χ3v) is 11.4. The van der Waals surface area contributed by atoms with Gasteiger partial charge in [-0.05, 0) is 109 Å². The molecule has 0 fully saturated rings. The zero-order valence-electron chi connectivity index (χ0n) is 46.2. The van der Waals surface area contributed by atoms with Crippen LogP contribution in [0.25, 0.3) is 0 Å². The monoisotopic (exact) mass is 1000 g/mol.